The zero-order valence-corrected chi connectivity index (χ0v) is 14.9. The Morgan fingerprint density at radius 1 is 1.17 bits per heavy atom. The summed E-state index contributed by atoms with van der Waals surface area (Å²) in [6.45, 7) is 3.84. The first-order valence-electron chi connectivity index (χ1n) is 7.73. The highest BCUT2D eigenvalue weighted by Gasteiger charge is 2.19. The van der Waals surface area contributed by atoms with Crippen molar-refractivity contribution in [3.63, 3.8) is 0 Å². The zero-order chi connectivity index (χ0) is 17.7. The standard InChI is InChI=1S/C18H22FNO3S/c1-4-17(15-7-10-18(23-3)13(2)11-15)20-24(21,22)12-14-5-8-16(19)9-6-14/h5-11,17,20H,4,12H2,1-3H3/t17-/m1/s1. The van der Waals surface area contributed by atoms with Crippen LogP contribution in [-0.4, -0.2) is 15.5 Å². The van der Waals surface area contributed by atoms with Gasteiger partial charge < -0.3 is 4.74 Å². The lowest BCUT2D eigenvalue weighted by atomic mass is 10.0. The van der Waals surface area contributed by atoms with E-state index < -0.39 is 10.0 Å². The average molecular weight is 351 g/mol. The van der Waals surface area contributed by atoms with Crippen LogP contribution in [0.15, 0.2) is 42.5 Å². The van der Waals surface area contributed by atoms with E-state index in [4.69, 9.17) is 4.74 Å². The summed E-state index contributed by atoms with van der Waals surface area (Å²) in [6.07, 6.45) is 0.619. The highest BCUT2D eigenvalue weighted by atomic mass is 32.2. The molecule has 2 aromatic rings. The number of hydrogen-bond acceptors (Lipinski definition) is 3. The van der Waals surface area contributed by atoms with E-state index in [2.05, 4.69) is 4.72 Å². The largest absolute Gasteiger partial charge is 0.496 e. The Morgan fingerprint density at radius 2 is 1.83 bits per heavy atom. The number of rotatable bonds is 7. The molecule has 0 amide bonds. The summed E-state index contributed by atoms with van der Waals surface area (Å²) in [4.78, 5) is 0. The van der Waals surface area contributed by atoms with Crippen LogP contribution in [0.5, 0.6) is 5.75 Å². The third kappa shape index (κ3) is 4.79. The molecule has 4 nitrogen and oxygen atoms in total. The molecule has 0 aliphatic carbocycles. The first-order chi connectivity index (χ1) is 11.3. The van der Waals surface area contributed by atoms with E-state index in [-0.39, 0.29) is 17.6 Å². The van der Waals surface area contributed by atoms with Crippen molar-refractivity contribution in [2.24, 2.45) is 0 Å². The summed E-state index contributed by atoms with van der Waals surface area (Å²) >= 11 is 0. The monoisotopic (exact) mass is 351 g/mol. The van der Waals surface area contributed by atoms with Gasteiger partial charge in [0.05, 0.1) is 12.9 Å². The van der Waals surface area contributed by atoms with Crippen LogP contribution in [-0.2, 0) is 15.8 Å². The Labute approximate surface area is 142 Å². The molecule has 1 atom stereocenters. The number of aryl methyl sites for hydroxylation is 1. The molecule has 1 N–H and O–H groups in total. The second-order valence-electron chi connectivity index (χ2n) is 5.69. The molecular weight excluding hydrogens is 329 g/mol. The average Bonchev–Trinajstić information content (AvgIpc) is 2.54. The molecule has 0 saturated heterocycles. The van der Waals surface area contributed by atoms with Gasteiger partial charge in [0.1, 0.15) is 11.6 Å². The van der Waals surface area contributed by atoms with E-state index in [1.165, 1.54) is 24.3 Å². The first kappa shape index (κ1) is 18.4. The normalized spacial score (nSPS) is 12.8. The maximum atomic E-state index is 12.9. The Morgan fingerprint density at radius 3 is 2.38 bits per heavy atom. The molecule has 0 heterocycles. The van der Waals surface area contributed by atoms with Crippen molar-refractivity contribution >= 4 is 10.0 Å². The van der Waals surface area contributed by atoms with E-state index >= 15 is 0 Å². The molecule has 0 spiro atoms. The van der Waals surface area contributed by atoms with Gasteiger partial charge in [-0.1, -0.05) is 31.2 Å². The summed E-state index contributed by atoms with van der Waals surface area (Å²) < 4.78 is 45.7. The van der Waals surface area contributed by atoms with Gasteiger partial charge in [-0.05, 0) is 48.2 Å². The molecule has 0 saturated carbocycles. The molecule has 0 bridgehead atoms. The minimum Gasteiger partial charge on any atom is -0.496 e. The maximum absolute atomic E-state index is 12.9. The van der Waals surface area contributed by atoms with E-state index in [0.29, 0.717) is 12.0 Å². The fraction of sp³-hybridized carbons (Fsp3) is 0.333. The predicted molar refractivity (Wildman–Crippen MR) is 92.9 cm³/mol. The maximum Gasteiger partial charge on any atom is 0.216 e. The highest BCUT2D eigenvalue weighted by molar-refractivity contribution is 7.88. The molecule has 2 rings (SSSR count). The minimum absolute atomic E-state index is 0.182. The molecule has 130 valence electrons. The van der Waals surface area contributed by atoms with Gasteiger partial charge in [0.15, 0.2) is 0 Å². The Bertz CT molecular complexity index is 788. The lowest BCUT2D eigenvalue weighted by molar-refractivity contribution is 0.411. The van der Waals surface area contributed by atoms with E-state index in [1.807, 2.05) is 32.0 Å². The molecule has 0 fully saturated rings. The van der Waals surface area contributed by atoms with Crippen molar-refractivity contribution in [1.82, 2.24) is 4.72 Å². The first-order valence-corrected chi connectivity index (χ1v) is 9.39. The number of sulfonamides is 1. The Kier molecular flexibility index (Phi) is 5.96. The van der Waals surface area contributed by atoms with Gasteiger partial charge in [-0.15, -0.1) is 0 Å². The number of nitrogens with one attached hydrogen (secondary N) is 1. The summed E-state index contributed by atoms with van der Waals surface area (Å²) in [7, 11) is -1.94. The van der Waals surface area contributed by atoms with Crippen molar-refractivity contribution in [3.8, 4) is 5.75 Å². The van der Waals surface area contributed by atoms with E-state index in [0.717, 1.165) is 16.9 Å². The Balaban J connectivity index is 2.16. The third-order valence-electron chi connectivity index (χ3n) is 3.82. The lowest BCUT2D eigenvalue weighted by Gasteiger charge is -2.19. The number of halogens is 1. The molecule has 0 aliphatic rings. The summed E-state index contributed by atoms with van der Waals surface area (Å²) in [5, 5.41) is 0. The van der Waals surface area contributed by atoms with Gasteiger partial charge in [0.25, 0.3) is 0 Å². The van der Waals surface area contributed by atoms with Crippen LogP contribution in [0.4, 0.5) is 4.39 Å². The van der Waals surface area contributed by atoms with Crippen molar-refractivity contribution < 1.29 is 17.5 Å². The fourth-order valence-corrected chi connectivity index (χ4v) is 4.01. The van der Waals surface area contributed by atoms with Crippen LogP contribution in [0.25, 0.3) is 0 Å². The summed E-state index contributed by atoms with van der Waals surface area (Å²) in [5.41, 5.74) is 2.38. The van der Waals surface area contributed by atoms with Crippen molar-refractivity contribution in [1.29, 1.82) is 0 Å². The Hall–Kier alpha value is -1.92. The lowest BCUT2D eigenvalue weighted by Crippen LogP contribution is -2.29. The summed E-state index contributed by atoms with van der Waals surface area (Å²) in [5.74, 6) is 0.200. The quantitative estimate of drug-likeness (QED) is 0.827. The number of ether oxygens (including phenoxy) is 1. The molecule has 0 aliphatic heterocycles. The van der Waals surface area contributed by atoms with E-state index in [9.17, 15) is 12.8 Å². The molecule has 24 heavy (non-hydrogen) atoms. The van der Waals surface area contributed by atoms with Crippen LogP contribution in [0.2, 0.25) is 0 Å². The SMILES string of the molecule is CC[C@@H](NS(=O)(=O)Cc1ccc(F)cc1)c1ccc(OC)c(C)c1. The molecule has 0 radical (unpaired) electrons. The molecule has 2 aromatic carbocycles. The van der Waals surface area contributed by atoms with Crippen molar-refractivity contribution in [2.75, 3.05) is 7.11 Å². The number of benzene rings is 2. The van der Waals surface area contributed by atoms with Crippen molar-refractivity contribution in [2.45, 2.75) is 32.1 Å². The smallest absolute Gasteiger partial charge is 0.216 e. The highest BCUT2D eigenvalue weighted by Crippen LogP contribution is 2.25. The van der Waals surface area contributed by atoms with Gasteiger partial charge in [-0.2, -0.15) is 0 Å². The van der Waals surface area contributed by atoms with Crippen LogP contribution in [0, 0.1) is 12.7 Å². The van der Waals surface area contributed by atoms with Crippen LogP contribution in [0.3, 0.4) is 0 Å². The van der Waals surface area contributed by atoms with Gasteiger partial charge in [0, 0.05) is 6.04 Å². The van der Waals surface area contributed by atoms with Crippen LogP contribution in [0.1, 0.15) is 36.1 Å². The van der Waals surface area contributed by atoms with Crippen molar-refractivity contribution in [3.05, 3.63) is 65.0 Å². The second kappa shape index (κ2) is 7.77. The molecule has 0 aromatic heterocycles. The zero-order valence-electron chi connectivity index (χ0n) is 14.0. The number of hydrogen-bond donors (Lipinski definition) is 1. The fourth-order valence-electron chi connectivity index (χ4n) is 2.56. The van der Waals surface area contributed by atoms with Gasteiger partial charge in [0.2, 0.25) is 10.0 Å². The van der Waals surface area contributed by atoms with Gasteiger partial charge in [-0.25, -0.2) is 17.5 Å². The topological polar surface area (TPSA) is 55.4 Å². The van der Waals surface area contributed by atoms with Gasteiger partial charge in [-0.3, -0.25) is 0 Å². The summed E-state index contributed by atoms with van der Waals surface area (Å²) in [6, 6.07) is 10.8. The van der Waals surface area contributed by atoms with E-state index in [1.54, 1.807) is 7.11 Å². The second-order valence-corrected chi connectivity index (χ2v) is 7.45. The minimum atomic E-state index is -3.54. The number of methoxy groups -OCH3 is 1. The van der Waals surface area contributed by atoms with Crippen LogP contribution >= 0.6 is 0 Å². The molecular formula is C18H22FNO3S. The molecule has 6 heteroatoms. The van der Waals surface area contributed by atoms with Crippen LogP contribution < -0.4 is 9.46 Å². The van der Waals surface area contributed by atoms with Gasteiger partial charge >= 0.3 is 0 Å². The third-order valence-corrected chi connectivity index (χ3v) is 5.18. The predicted octanol–water partition coefficient (Wildman–Crippen LogP) is 3.71. The molecule has 0 unspecified atom stereocenters.